The first kappa shape index (κ1) is 9.75. The fourth-order valence-corrected chi connectivity index (χ4v) is 1.54. The third-order valence-corrected chi connectivity index (χ3v) is 2.35. The first-order valence-electron chi connectivity index (χ1n) is 4.75. The summed E-state index contributed by atoms with van der Waals surface area (Å²) >= 11 is 0. The van der Waals surface area contributed by atoms with E-state index < -0.39 is 0 Å². The molecule has 0 bridgehead atoms. The van der Waals surface area contributed by atoms with E-state index in [-0.39, 0.29) is 6.10 Å². The molecule has 0 aromatic heterocycles. The average molecular weight is 170 g/mol. The number of aliphatic hydroxyl groups excluding tert-OH is 1. The minimum absolute atomic E-state index is 0.269. The molecule has 70 valence electrons. The Morgan fingerprint density at radius 1 is 1.58 bits per heavy atom. The minimum Gasteiger partial charge on any atom is -0.390 e. The lowest BCUT2D eigenvalue weighted by atomic mass is 9.90. The van der Waals surface area contributed by atoms with Crippen molar-refractivity contribution in [3.8, 4) is 0 Å². The molecule has 0 spiro atoms. The molecule has 0 amide bonds. The molecule has 0 fully saturated rings. The predicted molar refractivity (Wildman–Crippen MR) is 49.0 cm³/mol. The van der Waals surface area contributed by atoms with E-state index in [2.05, 4.69) is 12.2 Å². The molecule has 2 heteroatoms. The van der Waals surface area contributed by atoms with Gasteiger partial charge in [0.15, 0.2) is 0 Å². The summed E-state index contributed by atoms with van der Waals surface area (Å²) in [6.07, 6.45) is 7.29. The second kappa shape index (κ2) is 5.33. The number of rotatable bonds is 4. The van der Waals surface area contributed by atoms with Gasteiger partial charge in [-0.15, -0.1) is 0 Å². The SMILES string of the molecule is CCOCC(O)C1CC=CCC1. The quantitative estimate of drug-likeness (QED) is 0.651. The summed E-state index contributed by atoms with van der Waals surface area (Å²) in [5.41, 5.74) is 0. The average Bonchev–Trinajstić information content (AvgIpc) is 2.15. The molecular weight excluding hydrogens is 152 g/mol. The molecule has 0 aromatic rings. The van der Waals surface area contributed by atoms with Crippen LogP contribution in [0.2, 0.25) is 0 Å². The predicted octanol–water partition coefficient (Wildman–Crippen LogP) is 1.74. The van der Waals surface area contributed by atoms with E-state index >= 15 is 0 Å². The lowest BCUT2D eigenvalue weighted by Crippen LogP contribution is -2.26. The first-order valence-corrected chi connectivity index (χ1v) is 4.75. The van der Waals surface area contributed by atoms with E-state index in [0.717, 1.165) is 19.3 Å². The van der Waals surface area contributed by atoms with Gasteiger partial charge < -0.3 is 9.84 Å². The Morgan fingerprint density at radius 2 is 2.42 bits per heavy atom. The second-order valence-electron chi connectivity index (χ2n) is 3.27. The van der Waals surface area contributed by atoms with Crippen LogP contribution in [-0.4, -0.2) is 24.4 Å². The summed E-state index contributed by atoms with van der Waals surface area (Å²) in [7, 11) is 0. The summed E-state index contributed by atoms with van der Waals surface area (Å²) < 4.78 is 5.17. The van der Waals surface area contributed by atoms with Crippen molar-refractivity contribution in [3.05, 3.63) is 12.2 Å². The van der Waals surface area contributed by atoms with Crippen molar-refractivity contribution >= 4 is 0 Å². The lowest BCUT2D eigenvalue weighted by molar-refractivity contribution is 0.00662. The van der Waals surface area contributed by atoms with Crippen molar-refractivity contribution in [2.24, 2.45) is 5.92 Å². The van der Waals surface area contributed by atoms with Gasteiger partial charge in [0.1, 0.15) is 0 Å². The normalized spacial score (nSPS) is 25.7. The number of hydrogen-bond acceptors (Lipinski definition) is 2. The number of allylic oxidation sites excluding steroid dienone is 2. The summed E-state index contributed by atoms with van der Waals surface area (Å²) in [4.78, 5) is 0. The van der Waals surface area contributed by atoms with Crippen LogP contribution >= 0.6 is 0 Å². The van der Waals surface area contributed by atoms with Crippen molar-refractivity contribution in [3.63, 3.8) is 0 Å². The van der Waals surface area contributed by atoms with Gasteiger partial charge in [0.2, 0.25) is 0 Å². The monoisotopic (exact) mass is 170 g/mol. The molecule has 2 nitrogen and oxygen atoms in total. The fourth-order valence-electron chi connectivity index (χ4n) is 1.54. The smallest absolute Gasteiger partial charge is 0.0804 e. The van der Waals surface area contributed by atoms with Crippen molar-refractivity contribution in [1.82, 2.24) is 0 Å². The van der Waals surface area contributed by atoms with Crippen molar-refractivity contribution < 1.29 is 9.84 Å². The first-order chi connectivity index (χ1) is 5.84. The number of aliphatic hydroxyl groups is 1. The van der Waals surface area contributed by atoms with Crippen molar-refractivity contribution in [2.45, 2.75) is 32.3 Å². The molecular formula is C10H18O2. The van der Waals surface area contributed by atoms with Crippen LogP contribution in [0.25, 0.3) is 0 Å². The van der Waals surface area contributed by atoms with Gasteiger partial charge in [-0.2, -0.15) is 0 Å². The Kier molecular flexibility index (Phi) is 4.33. The van der Waals surface area contributed by atoms with Crippen LogP contribution in [0.5, 0.6) is 0 Å². The van der Waals surface area contributed by atoms with Crippen LogP contribution in [0.1, 0.15) is 26.2 Å². The van der Waals surface area contributed by atoms with E-state index in [1.807, 2.05) is 6.92 Å². The molecule has 0 saturated heterocycles. The van der Waals surface area contributed by atoms with Gasteiger partial charge >= 0.3 is 0 Å². The maximum Gasteiger partial charge on any atom is 0.0804 e. The highest BCUT2D eigenvalue weighted by atomic mass is 16.5. The Bertz CT molecular complexity index is 143. The van der Waals surface area contributed by atoms with Gasteiger partial charge in [-0.05, 0) is 32.1 Å². The van der Waals surface area contributed by atoms with Crippen LogP contribution in [0.4, 0.5) is 0 Å². The van der Waals surface area contributed by atoms with Crippen LogP contribution in [0.15, 0.2) is 12.2 Å². The lowest BCUT2D eigenvalue weighted by Gasteiger charge is -2.23. The number of ether oxygens (including phenoxy) is 1. The Hall–Kier alpha value is -0.340. The molecule has 0 saturated carbocycles. The highest BCUT2D eigenvalue weighted by Crippen LogP contribution is 2.21. The maximum atomic E-state index is 9.65. The van der Waals surface area contributed by atoms with Crippen LogP contribution in [0, 0.1) is 5.92 Å². The zero-order valence-electron chi connectivity index (χ0n) is 7.70. The Morgan fingerprint density at radius 3 is 3.00 bits per heavy atom. The zero-order chi connectivity index (χ0) is 8.81. The Labute approximate surface area is 74.2 Å². The van der Waals surface area contributed by atoms with Gasteiger partial charge in [0, 0.05) is 6.61 Å². The standard InChI is InChI=1S/C10H18O2/c1-2-12-8-10(11)9-6-4-3-5-7-9/h3-4,9-11H,2,5-8H2,1H3. The number of hydrogen-bond donors (Lipinski definition) is 1. The molecule has 1 N–H and O–H groups in total. The van der Waals surface area contributed by atoms with E-state index in [1.54, 1.807) is 0 Å². The van der Waals surface area contributed by atoms with E-state index in [9.17, 15) is 5.11 Å². The van der Waals surface area contributed by atoms with Gasteiger partial charge in [-0.3, -0.25) is 0 Å². The summed E-state index contributed by atoms with van der Waals surface area (Å²) in [6.45, 7) is 3.14. The second-order valence-corrected chi connectivity index (χ2v) is 3.27. The van der Waals surface area contributed by atoms with Gasteiger partial charge in [0.05, 0.1) is 12.7 Å². The third kappa shape index (κ3) is 2.95. The highest BCUT2D eigenvalue weighted by molar-refractivity contribution is 4.92. The van der Waals surface area contributed by atoms with Crippen LogP contribution < -0.4 is 0 Å². The summed E-state index contributed by atoms with van der Waals surface area (Å²) in [6, 6.07) is 0. The third-order valence-electron chi connectivity index (χ3n) is 2.35. The summed E-state index contributed by atoms with van der Waals surface area (Å²) in [5.74, 6) is 0.418. The van der Waals surface area contributed by atoms with E-state index in [4.69, 9.17) is 4.74 Å². The van der Waals surface area contributed by atoms with Crippen molar-refractivity contribution in [2.75, 3.05) is 13.2 Å². The van der Waals surface area contributed by atoms with Gasteiger partial charge in [-0.25, -0.2) is 0 Å². The molecule has 2 unspecified atom stereocenters. The zero-order valence-corrected chi connectivity index (χ0v) is 7.70. The molecule has 0 heterocycles. The molecule has 0 radical (unpaired) electrons. The van der Waals surface area contributed by atoms with E-state index in [0.29, 0.717) is 19.1 Å². The summed E-state index contributed by atoms with van der Waals surface area (Å²) in [5, 5.41) is 9.65. The minimum atomic E-state index is -0.269. The van der Waals surface area contributed by atoms with Crippen LogP contribution in [-0.2, 0) is 4.74 Å². The van der Waals surface area contributed by atoms with Crippen LogP contribution in [0.3, 0.4) is 0 Å². The van der Waals surface area contributed by atoms with Gasteiger partial charge in [-0.1, -0.05) is 12.2 Å². The van der Waals surface area contributed by atoms with E-state index in [1.165, 1.54) is 0 Å². The molecule has 1 aliphatic rings. The molecule has 1 aliphatic carbocycles. The molecule has 0 aliphatic heterocycles. The van der Waals surface area contributed by atoms with Gasteiger partial charge in [0.25, 0.3) is 0 Å². The molecule has 0 aromatic carbocycles. The molecule has 12 heavy (non-hydrogen) atoms. The van der Waals surface area contributed by atoms with Crippen molar-refractivity contribution in [1.29, 1.82) is 0 Å². The highest BCUT2D eigenvalue weighted by Gasteiger charge is 2.18. The molecule has 2 atom stereocenters. The Balaban J connectivity index is 2.21. The largest absolute Gasteiger partial charge is 0.390 e. The maximum absolute atomic E-state index is 9.65. The fraction of sp³-hybridized carbons (Fsp3) is 0.800. The molecule has 1 rings (SSSR count). The topological polar surface area (TPSA) is 29.5 Å².